The van der Waals surface area contributed by atoms with Crippen molar-refractivity contribution in [3.05, 3.63) is 29.6 Å². The third kappa shape index (κ3) is 3.55. The normalized spacial score (nSPS) is 19.4. The number of nitrogens with zero attached hydrogens (tertiary/aromatic N) is 1. The Morgan fingerprint density at radius 2 is 1.96 bits per heavy atom. The second-order valence-corrected chi connectivity index (χ2v) is 8.22. The van der Waals surface area contributed by atoms with Crippen LogP contribution in [0.3, 0.4) is 0 Å². The quantitative estimate of drug-likeness (QED) is 0.863. The summed E-state index contributed by atoms with van der Waals surface area (Å²) in [5, 5.41) is 0. The SMILES string of the molecule is CC(C1CC1)N(C)C(=O)c1ccc(F)c(S(=O)(=O)NC2CC2)c1. The molecule has 23 heavy (non-hydrogen) atoms. The fraction of sp³-hybridized carbons (Fsp3) is 0.562. The molecule has 5 nitrogen and oxygen atoms in total. The Morgan fingerprint density at radius 3 is 2.52 bits per heavy atom. The van der Waals surface area contributed by atoms with Gasteiger partial charge in [0.15, 0.2) is 0 Å². The first-order chi connectivity index (χ1) is 10.8. The molecular weight excluding hydrogens is 319 g/mol. The zero-order valence-corrected chi connectivity index (χ0v) is 14.1. The lowest BCUT2D eigenvalue weighted by molar-refractivity contribution is 0.0727. The van der Waals surface area contributed by atoms with Gasteiger partial charge in [0.2, 0.25) is 10.0 Å². The van der Waals surface area contributed by atoms with Gasteiger partial charge in [0, 0.05) is 24.7 Å². The summed E-state index contributed by atoms with van der Waals surface area (Å²) in [4.78, 5) is 13.7. The molecule has 1 atom stereocenters. The molecule has 0 radical (unpaired) electrons. The molecule has 0 aromatic heterocycles. The Hall–Kier alpha value is -1.47. The Morgan fingerprint density at radius 1 is 1.30 bits per heavy atom. The summed E-state index contributed by atoms with van der Waals surface area (Å²) in [5.74, 6) is -0.621. The average Bonchev–Trinajstić information content (AvgIpc) is 3.38. The summed E-state index contributed by atoms with van der Waals surface area (Å²) >= 11 is 0. The first kappa shape index (κ1) is 16.4. The highest BCUT2D eigenvalue weighted by molar-refractivity contribution is 7.89. The highest BCUT2D eigenvalue weighted by atomic mass is 32.2. The van der Waals surface area contributed by atoms with E-state index in [1.165, 1.54) is 6.07 Å². The minimum atomic E-state index is -3.93. The number of benzene rings is 1. The van der Waals surface area contributed by atoms with Crippen molar-refractivity contribution in [1.82, 2.24) is 9.62 Å². The number of amides is 1. The van der Waals surface area contributed by atoms with Crippen LogP contribution in [0.4, 0.5) is 4.39 Å². The van der Waals surface area contributed by atoms with Crippen molar-refractivity contribution in [1.29, 1.82) is 0 Å². The lowest BCUT2D eigenvalue weighted by atomic mass is 10.1. The van der Waals surface area contributed by atoms with Gasteiger partial charge in [-0.3, -0.25) is 4.79 Å². The first-order valence-corrected chi connectivity index (χ1v) is 9.37. The summed E-state index contributed by atoms with van der Waals surface area (Å²) in [6.07, 6.45) is 3.74. The number of sulfonamides is 1. The van der Waals surface area contributed by atoms with Crippen LogP contribution in [0.5, 0.6) is 0 Å². The molecule has 0 heterocycles. The van der Waals surface area contributed by atoms with E-state index in [1.807, 2.05) is 6.92 Å². The van der Waals surface area contributed by atoms with E-state index in [9.17, 15) is 17.6 Å². The van der Waals surface area contributed by atoms with Gasteiger partial charge in [-0.1, -0.05) is 0 Å². The average molecular weight is 340 g/mol. The summed E-state index contributed by atoms with van der Waals surface area (Å²) in [5.41, 5.74) is 0.192. The fourth-order valence-corrected chi connectivity index (χ4v) is 4.02. The van der Waals surface area contributed by atoms with Crippen LogP contribution in [0.2, 0.25) is 0 Å². The predicted molar refractivity (Wildman–Crippen MR) is 84.0 cm³/mol. The molecular formula is C16H21FN2O3S. The largest absolute Gasteiger partial charge is 0.339 e. The number of hydrogen-bond donors (Lipinski definition) is 1. The number of hydrogen-bond acceptors (Lipinski definition) is 3. The summed E-state index contributed by atoms with van der Waals surface area (Å²) in [7, 11) is -2.23. The zero-order chi connectivity index (χ0) is 16.8. The topological polar surface area (TPSA) is 66.5 Å². The van der Waals surface area contributed by atoms with Gasteiger partial charge in [-0.15, -0.1) is 0 Å². The third-order valence-corrected chi connectivity index (χ3v) is 6.14. The Bertz CT molecular complexity index is 727. The molecule has 3 rings (SSSR count). The zero-order valence-electron chi connectivity index (χ0n) is 13.3. The number of carbonyl (C=O) groups is 1. The van der Waals surface area contributed by atoms with E-state index in [0.717, 1.165) is 37.8 Å². The molecule has 7 heteroatoms. The molecule has 1 unspecified atom stereocenters. The van der Waals surface area contributed by atoms with Crippen LogP contribution < -0.4 is 4.72 Å². The fourth-order valence-electron chi connectivity index (χ4n) is 2.61. The van der Waals surface area contributed by atoms with Crippen LogP contribution in [0, 0.1) is 11.7 Å². The van der Waals surface area contributed by atoms with Crippen molar-refractivity contribution in [2.75, 3.05) is 7.05 Å². The van der Waals surface area contributed by atoms with E-state index in [1.54, 1.807) is 11.9 Å². The van der Waals surface area contributed by atoms with E-state index < -0.39 is 20.7 Å². The lowest BCUT2D eigenvalue weighted by Gasteiger charge is -2.25. The van der Waals surface area contributed by atoms with E-state index in [4.69, 9.17) is 0 Å². The van der Waals surface area contributed by atoms with Crippen LogP contribution in [0.15, 0.2) is 23.1 Å². The predicted octanol–water partition coefficient (Wildman–Crippen LogP) is 2.14. The molecule has 126 valence electrons. The van der Waals surface area contributed by atoms with Crippen LogP contribution in [0.1, 0.15) is 43.0 Å². The van der Waals surface area contributed by atoms with Crippen LogP contribution in [0.25, 0.3) is 0 Å². The van der Waals surface area contributed by atoms with Crippen molar-refractivity contribution in [3.63, 3.8) is 0 Å². The van der Waals surface area contributed by atoms with Crippen LogP contribution in [-0.2, 0) is 10.0 Å². The first-order valence-electron chi connectivity index (χ1n) is 7.88. The molecule has 1 amide bonds. The van der Waals surface area contributed by atoms with Gasteiger partial charge < -0.3 is 4.90 Å². The van der Waals surface area contributed by atoms with E-state index in [-0.39, 0.29) is 23.6 Å². The molecule has 2 fully saturated rings. The van der Waals surface area contributed by atoms with Crippen molar-refractivity contribution in [3.8, 4) is 0 Å². The summed E-state index contributed by atoms with van der Waals surface area (Å²) < 4.78 is 40.8. The monoisotopic (exact) mass is 340 g/mol. The molecule has 2 aliphatic rings. The van der Waals surface area contributed by atoms with Gasteiger partial charge >= 0.3 is 0 Å². The number of nitrogens with one attached hydrogen (secondary N) is 1. The number of halogens is 1. The van der Waals surface area contributed by atoms with Gasteiger partial charge in [-0.2, -0.15) is 0 Å². The second-order valence-electron chi connectivity index (χ2n) is 6.53. The maximum Gasteiger partial charge on any atom is 0.253 e. The highest BCUT2D eigenvalue weighted by Crippen LogP contribution is 2.35. The van der Waals surface area contributed by atoms with Crippen molar-refractivity contribution < 1.29 is 17.6 Å². The van der Waals surface area contributed by atoms with E-state index >= 15 is 0 Å². The molecule has 2 saturated carbocycles. The van der Waals surface area contributed by atoms with Crippen molar-refractivity contribution in [2.45, 2.75) is 49.6 Å². The Kier molecular flexibility index (Phi) is 4.18. The molecule has 0 saturated heterocycles. The maximum absolute atomic E-state index is 14.0. The summed E-state index contributed by atoms with van der Waals surface area (Å²) in [6, 6.07) is 3.50. The molecule has 2 aliphatic carbocycles. The molecule has 1 N–H and O–H groups in total. The van der Waals surface area contributed by atoms with Gasteiger partial charge in [0.05, 0.1) is 0 Å². The van der Waals surface area contributed by atoms with E-state index in [2.05, 4.69) is 4.72 Å². The molecule has 0 bridgehead atoms. The van der Waals surface area contributed by atoms with E-state index in [0.29, 0.717) is 5.92 Å². The number of rotatable bonds is 6. The maximum atomic E-state index is 14.0. The number of carbonyl (C=O) groups excluding carboxylic acids is 1. The summed E-state index contributed by atoms with van der Waals surface area (Å²) in [6.45, 7) is 1.98. The Balaban J connectivity index is 1.85. The minimum Gasteiger partial charge on any atom is -0.339 e. The van der Waals surface area contributed by atoms with Gasteiger partial charge in [0.25, 0.3) is 5.91 Å². The Labute approximate surface area is 135 Å². The van der Waals surface area contributed by atoms with Crippen LogP contribution >= 0.6 is 0 Å². The second kappa shape index (κ2) is 5.87. The molecule has 0 aliphatic heterocycles. The van der Waals surface area contributed by atoms with Crippen molar-refractivity contribution >= 4 is 15.9 Å². The molecule has 1 aromatic rings. The highest BCUT2D eigenvalue weighted by Gasteiger charge is 2.34. The lowest BCUT2D eigenvalue weighted by Crippen LogP contribution is -2.36. The third-order valence-electron chi connectivity index (χ3n) is 4.60. The molecule has 1 aromatic carbocycles. The van der Waals surface area contributed by atoms with Gasteiger partial charge in [-0.05, 0) is 56.7 Å². The van der Waals surface area contributed by atoms with Gasteiger partial charge in [-0.25, -0.2) is 17.5 Å². The van der Waals surface area contributed by atoms with Crippen LogP contribution in [-0.4, -0.2) is 38.4 Å². The molecule has 0 spiro atoms. The standard InChI is InChI=1S/C16H21FN2O3S/c1-10(11-3-4-11)19(2)16(20)12-5-8-14(17)15(9-12)23(21,22)18-13-6-7-13/h5,8-11,13,18H,3-4,6-7H2,1-2H3. The van der Waals surface area contributed by atoms with Gasteiger partial charge in [0.1, 0.15) is 10.7 Å². The minimum absolute atomic E-state index is 0.0946. The smallest absolute Gasteiger partial charge is 0.253 e. The van der Waals surface area contributed by atoms with Crippen molar-refractivity contribution in [2.24, 2.45) is 5.92 Å².